The minimum absolute atomic E-state index is 0.173. The van der Waals surface area contributed by atoms with E-state index in [1.54, 1.807) is 0 Å². The van der Waals surface area contributed by atoms with E-state index in [4.69, 9.17) is 11.6 Å². The quantitative estimate of drug-likeness (QED) is 0.738. The molecule has 0 aliphatic carbocycles. The summed E-state index contributed by atoms with van der Waals surface area (Å²) in [6.45, 7) is 9.22. The summed E-state index contributed by atoms with van der Waals surface area (Å²) in [7, 11) is 2.22. The van der Waals surface area contributed by atoms with Crippen molar-refractivity contribution in [1.29, 1.82) is 0 Å². The molecule has 0 aromatic carbocycles. The molecule has 102 valence electrons. The smallest absolute Gasteiger partial charge is 0.123 e. The number of likely N-dealkylation sites (tertiary alicyclic amines) is 1. The number of rotatable bonds is 1. The van der Waals surface area contributed by atoms with Gasteiger partial charge in [0.1, 0.15) is 5.16 Å². The van der Waals surface area contributed by atoms with E-state index in [0.717, 1.165) is 18.0 Å². The van der Waals surface area contributed by atoms with Gasteiger partial charge in [-0.15, -0.1) is 0 Å². The van der Waals surface area contributed by atoms with Gasteiger partial charge in [-0.2, -0.15) is 0 Å². The first kappa shape index (κ1) is 13.8. The fourth-order valence-corrected chi connectivity index (χ4v) is 3.43. The molecule has 2 aliphatic heterocycles. The van der Waals surface area contributed by atoms with Crippen LogP contribution in [-0.2, 0) is 0 Å². The lowest BCUT2D eigenvalue weighted by Crippen LogP contribution is -2.63. The average molecular weight is 270 g/mol. The highest BCUT2D eigenvalue weighted by molar-refractivity contribution is 6.29. The Kier molecular flexibility index (Phi) is 3.41. The number of hydrazine groups is 1. The fourth-order valence-electron chi connectivity index (χ4n) is 3.17. The van der Waals surface area contributed by atoms with Crippen molar-refractivity contribution < 1.29 is 0 Å². The molecule has 0 radical (unpaired) electrons. The van der Waals surface area contributed by atoms with Crippen LogP contribution >= 0.6 is 11.6 Å². The molecule has 2 rings (SSSR count). The summed E-state index contributed by atoms with van der Waals surface area (Å²) >= 11 is 6.30. The molecule has 0 amide bonds. The first-order valence-electron chi connectivity index (χ1n) is 6.56. The third kappa shape index (κ3) is 2.39. The standard InChI is InChI=1S/C14H24ClN3/c1-13(2)9-11(10-14(3,4)17(13)5)18-12(15)7-6-8-16-18/h6-8,11,16H,9-10H2,1-5H3. The molecule has 1 N–H and O–H groups in total. The number of halogens is 1. The van der Waals surface area contributed by atoms with Gasteiger partial charge in [0.15, 0.2) is 0 Å². The van der Waals surface area contributed by atoms with Gasteiger partial charge in [-0.1, -0.05) is 11.6 Å². The van der Waals surface area contributed by atoms with Crippen molar-refractivity contribution in [3.63, 3.8) is 0 Å². The van der Waals surface area contributed by atoms with E-state index in [9.17, 15) is 0 Å². The van der Waals surface area contributed by atoms with Crippen LogP contribution in [0.1, 0.15) is 40.5 Å². The normalized spacial score (nSPS) is 27.9. The van der Waals surface area contributed by atoms with Gasteiger partial charge in [-0.3, -0.25) is 9.91 Å². The lowest BCUT2D eigenvalue weighted by Gasteiger charge is -2.55. The average Bonchev–Trinajstić information content (AvgIpc) is 2.25. The maximum atomic E-state index is 6.30. The van der Waals surface area contributed by atoms with Gasteiger partial charge in [0.25, 0.3) is 0 Å². The molecule has 0 saturated carbocycles. The van der Waals surface area contributed by atoms with E-state index >= 15 is 0 Å². The predicted octanol–water partition coefficient (Wildman–Crippen LogP) is 3.05. The molecule has 0 atom stereocenters. The molecular formula is C14H24ClN3. The third-order valence-electron chi connectivity index (χ3n) is 4.43. The van der Waals surface area contributed by atoms with E-state index < -0.39 is 0 Å². The van der Waals surface area contributed by atoms with Gasteiger partial charge >= 0.3 is 0 Å². The minimum atomic E-state index is 0.173. The molecule has 18 heavy (non-hydrogen) atoms. The Morgan fingerprint density at radius 2 is 1.78 bits per heavy atom. The molecule has 0 aromatic heterocycles. The Bertz CT molecular complexity index is 367. The lowest BCUT2D eigenvalue weighted by molar-refractivity contribution is -0.0456. The summed E-state index contributed by atoms with van der Waals surface area (Å²) < 4.78 is 0. The van der Waals surface area contributed by atoms with E-state index in [1.165, 1.54) is 0 Å². The first-order chi connectivity index (χ1) is 8.24. The van der Waals surface area contributed by atoms with Crippen LogP contribution in [0, 0.1) is 0 Å². The molecule has 4 heteroatoms. The van der Waals surface area contributed by atoms with Crippen LogP contribution < -0.4 is 5.43 Å². The Hall–Kier alpha value is -0.670. The molecule has 0 unspecified atom stereocenters. The number of hydrogen-bond acceptors (Lipinski definition) is 3. The summed E-state index contributed by atoms with van der Waals surface area (Å²) in [6, 6.07) is 0.417. The third-order valence-corrected chi connectivity index (χ3v) is 4.73. The molecule has 2 aliphatic rings. The number of nitrogens with zero attached hydrogens (tertiary/aromatic N) is 2. The van der Waals surface area contributed by atoms with Crippen molar-refractivity contribution in [3.05, 3.63) is 23.5 Å². The zero-order valence-corrected chi connectivity index (χ0v) is 12.8. The van der Waals surface area contributed by atoms with Crippen molar-refractivity contribution >= 4 is 11.6 Å². The highest BCUT2D eigenvalue weighted by Gasteiger charge is 2.45. The Labute approximate surface area is 115 Å². The molecule has 2 heterocycles. The Morgan fingerprint density at radius 3 is 2.28 bits per heavy atom. The van der Waals surface area contributed by atoms with Crippen LogP contribution in [0.4, 0.5) is 0 Å². The lowest BCUT2D eigenvalue weighted by atomic mass is 9.77. The van der Waals surface area contributed by atoms with E-state index in [2.05, 4.69) is 50.1 Å². The van der Waals surface area contributed by atoms with Gasteiger partial charge in [0.05, 0.1) is 6.04 Å². The molecule has 1 saturated heterocycles. The van der Waals surface area contributed by atoms with Crippen LogP contribution in [0.5, 0.6) is 0 Å². The van der Waals surface area contributed by atoms with Crippen molar-refractivity contribution in [1.82, 2.24) is 15.3 Å². The molecule has 3 nitrogen and oxygen atoms in total. The first-order valence-corrected chi connectivity index (χ1v) is 6.93. The number of piperidine rings is 1. The minimum Gasteiger partial charge on any atom is -0.305 e. The molecule has 0 aromatic rings. The van der Waals surface area contributed by atoms with Gasteiger partial charge in [0.2, 0.25) is 0 Å². The van der Waals surface area contributed by atoms with E-state index in [-0.39, 0.29) is 11.1 Å². The summed E-state index contributed by atoms with van der Waals surface area (Å²) in [6.07, 6.45) is 8.00. The van der Waals surface area contributed by atoms with Gasteiger partial charge < -0.3 is 5.43 Å². The second kappa shape index (κ2) is 4.46. The van der Waals surface area contributed by atoms with Crippen LogP contribution in [0.2, 0.25) is 0 Å². The van der Waals surface area contributed by atoms with E-state index in [1.807, 2.05) is 18.4 Å². The summed E-state index contributed by atoms with van der Waals surface area (Å²) in [5.41, 5.74) is 3.61. The van der Waals surface area contributed by atoms with Gasteiger partial charge in [-0.25, -0.2) is 0 Å². The second-order valence-corrected chi connectivity index (χ2v) is 6.98. The van der Waals surface area contributed by atoms with Crippen LogP contribution in [0.25, 0.3) is 0 Å². The SMILES string of the molecule is CN1C(C)(C)CC(N2NC=CC=C2Cl)CC1(C)C. The number of nitrogens with one attached hydrogen (secondary N) is 1. The highest BCUT2D eigenvalue weighted by Crippen LogP contribution is 2.39. The topological polar surface area (TPSA) is 18.5 Å². The number of allylic oxidation sites excluding steroid dienone is 2. The largest absolute Gasteiger partial charge is 0.305 e. The monoisotopic (exact) mass is 269 g/mol. The van der Waals surface area contributed by atoms with Crippen LogP contribution in [-0.4, -0.2) is 34.1 Å². The van der Waals surface area contributed by atoms with Crippen molar-refractivity contribution in [3.8, 4) is 0 Å². The zero-order valence-electron chi connectivity index (χ0n) is 12.0. The van der Waals surface area contributed by atoms with Gasteiger partial charge in [0, 0.05) is 17.3 Å². The molecule has 0 bridgehead atoms. The fraction of sp³-hybridized carbons (Fsp3) is 0.714. The molecule has 1 fully saturated rings. The Morgan fingerprint density at radius 1 is 1.22 bits per heavy atom. The van der Waals surface area contributed by atoms with Crippen molar-refractivity contribution in [2.45, 2.75) is 57.7 Å². The predicted molar refractivity (Wildman–Crippen MR) is 77.0 cm³/mol. The Balaban J connectivity index is 2.21. The summed E-state index contributed by atoms with van der Waals surface area (Å²) in [5, 5.41) is 2.87. The summed E-state index contributed by atoms with van der Waals surface area (Å²) in [4.78, 5) is 2.48. The number of hydrogen-bond donors (Lipinski definition) is 1. The maximum absolute atomic E-state index is 6.30. The van der Waals surface area contributed by atoms with E-state index in [0.29, 0.717) is 6.04 Å². The zero-order chi connectivity index (χ0) is 13.6. The van der Waals surface area contributed by atoms with Crippen molar-refractivity contribution in [2.75, 3.05) is 7.05 Å². The maximum Gasteiger partial charge on any atom is 0.123 e. The van der Waals surface area contributed by atoms with Crippen LogP contribution in [0.15, 0.2) is 23.5 Å². The highest BCUT2D eigenvalue weighted by atomic mass is 35.5. The van der Waals surface area contributed by atoms with Crippen LogP contribution in [0.3, 0.4) is 0 Å². The molecule has 0 spiro atoms. The van der Waals surface area contributed by atoms with Gasteiger partial charge in [-0.05, 0) is 59.7 Å². The van der Waals surface area contributed by atoms with Crippen molar-refractivity contribution in [2.24, 2.45) is 0 Å². The molecular weight excluding hydrogens is 246 g/mol. The summed E-state index contributed by atoms with van der Waals surface area (Å²) in [5.74, 6) is 0. The second-order valence-electron chi connectivity index (χ2n) is 6.59.